The zero-order valence-electron chi connectivity index (χ0n) is 11.5. The van der Waals surface area contributed by atoms with Crippen molar-refractivity contribution >= 4 is 9.84 Å². The predicted molar refractivity (Wildman–Crippen MR) is 82.5 cm³/mol. The van der Waals surface area contributed by atoms with Gasteiger partial charge < -0.3 is 0 Å². The zero-order valence-corrected chi connectivity index (χ0v) is 12.3. The predicted octanol–water partition coefficient (Wildman–Crippen LogP) is 3.57. The van der Waals surface area contributed by atoms with Crippen LogP contribution in [0.15, 0.2) is 71.6 Å². The highest BCUT2D eigenvalue weighted by Crippen LogP contribution is 2.12. The molecule has 0 spiro atoms. The second-order valence-corrected chi connectivity index (χ2v) is 6.79. The van der Waals surface area contributed by atoms with Gasteiger partial charge in [-0.3, -0.25) is 0 Å². The Labute approximate surface area is 120 Å². The fourth-order valence-corrected chi connectivity index (χ4v) is 3.00. The Kier molecular flexibility index (Phi) is 4.74. The number of allylic oxidation sites excluding steroid dienone is 1. The monoisotopic (exact) mass is 286 g/mol. The van der Waals surface area contributed by atoms with Crippen molar-refractivity contribution in [1.29, 1.82) is 0 Å². The standard InChI is InChI=1S/C17H18O2S/c1-15-10-12-17(13-11-15)20(18,19)14-6-5-9-16-7-3-2-4-8-16/h2-8,10-13H,9,14H2,1H3/b6-5+. The normalized spacial score (nSPS) is 11.8. The van der Waals surface area contributed by atoms with Crippen LogP contribution >= 0.6 is 0 Å². The van der Waals surface area contributed by atoms with Crippen molar-refractivity contribution in [2.45, 2.75) is 18.2 Å². The molecule has 0 heterocycles. The number of aryl methyl sites for hydroxylation is 1. The fraction of sp³-hybridized carbons (Fsp3) is 0.176. The van der Waals surface area contributed by atoms with Crippen molar-refractivity contribution in [3.8, 4) is 0 Å². The highest BCUT2D eigenvalue weighted by atomic mass is 32.2. The first-order valence-electron chi connectivity index (χ1n) is 6.56. The summed E-state index contributed by atoms with van der Waals surface area (Å²) in [6.45, 7) is 1.94. The molecule has 0 fully saturated rings. The third kappa shape index (κ3) is 4.07. The van der Waals surface area contributed by atoms with Crippen LogP contribution in [0.1, 0.15) is 11.1 Å². The SMILES string of the molecule is Cc1ccc(S(=O)(=O)C/C=C/Cc2ccccc2)cc1. The molecule has 0 atom stereocenters. The van der Waals surface area contributed by atoms with Crippen molar-refractivity contribution in [1.82, 2.24) is 0 Å². The second kappa shape index (κ2) is 6.53. The van der Waals surface area contributed by atoms with Gasteiger partial charge in [0.25, 0.3) is 0 Å². The number of hydrogen-bond acceptors (Lipinski definition) is 2. The molecule has 2 rings (SSSR count). The van der Waals surface area contributed by atoms with E-state index in [2.05, 4.69) is 0 Å². The van der Waals surface area contributed by atoms with Gasteiger partial charge in [-0.1, -0.05) is 60.2 Å². The number of benzene rings is 2. The van der Waals surface area contributed by atoms with Gasteiger partial charge in [-0.2, -0.15) is 0 Å². The van der Waals surface area contributed by atoms with Gasteiger partial charge in [-0.05, 0) is 31.0 Å². The number of hydrogen-bond donors (Lipinski definition) is 0. The van der Waals surface area contributed by atoms with E-state index >= 15 is 0 Å². The summed E-state index contributed by atoms with van der Waals surface area (Å²) in [5.74, 6) is 0.0445. The summed E-state index contributed by atoms with van der Waals surface area (Å²) < 4.78 is 24.2. The lowest BCUT2D eigenvalue weighted by molar-refractivity contribution is 0.599. The van der Waals surface area contributed by atoms with Crippen LogP contribution in [0.4, 0.5) is 0 Å². The average molecular weight is 286 g/mol. The van der Waals surface area contributed by atoms with Gasteiger partial charge in [0.2, 0.25) is 0 Å². The van der Waals surface area contributed by atoms with Crippen LogP contribution in [0.3, 0.4) is 0 Å². The van der Waals surface area contributed by atoms with Crippen LogP contribution in [-0.4, -0.2) is 14.2 Å². The summed E-state index contributed by atoms with van der Waals surface area (Å²) >= 11 is 0. The van der Waals surface area contributed by atoms with E-state index in [1.54, 1.807) is 18.2 Å². The van der Waals surface area contributed by atoms with Gasteiger partial charge in [-0.25, -0.2) is 8.42 Å². The molecule has 3 heteroatoms. The maximum absolute atomic E-state index is 12.1. The van der Waals surface area contributed by atoms with Crippen LogP contribution in [0.5, 0.6) is 0 Å². The Balaban J connectivity index is 1.97. The Morgan fingerprint density at radius 2 is 1.55 bits per heavy atom. The maximum atomic E-state index is 12.1. The minimum absolute atomic E-state index is 0.0445. The van der Waals surface area contributed by atoms with Gasteiger partial charge in [-0.15, -0.1) is 0 Å². The fourth-order valence-electron chi connectivity index (χ4n) is 1.87. The van der Waals surface area contributed by atoms with Crippen LogP contribution < -0.4 is 0 Å². The molecule has 0 N–H and O–H groups in total. The minimum Gasteiger partial charge on any atom is -0.223 e. The highest BCUT2D eigenvalue weighted by molar-refractivity contribution is 7.91. The lowest BCUT2D eigenvalue weighted by Crippen LogP contribution is -2.04. The minimum atomic E-state index is -3.22. The summed E-state index contributed by atoms with van der Waals surface area (Å²) in [7, 11) is -3.22. The summed E-state index contributed by atoms with van der Waals surface area (Å²) in [5, 5.41) is 0. The Morgan fingerprint density at radius 3 is 2.20 bits per heavy atom. The lowest BCUT2D eigenvalue weighted by atomic mass is 10.1. The van der Waals surface area contributed by atoms with E-state index in [1.807, 2.05) is 55.5 Å². The molecule has 20 heavy (non-hydrogen) atoms. The molecule has 0 aliphatic rings. The van der Waals surface area contributed by atoms with Crippen LogP contribution in [0.2, 0.25) is 0 Å². The molecule has 0 saturated carbocycles. The molecule has 0 saturated heterocycles. The quantitative estimate of drug-likeness (QED) is 0.787. The van der Waals surface area contributed by atoms with Gasteiger partial charge in [0.1, 0.15) is 0 Å². The third-order valence-corrected chi connectivity index (χ3v) is 4.68. The molecule has 0 aliphatic carbocycles. The molecule has 0 unspecified atom stereocenters. The van der Waals surface area contributed by atoms with Gasteiger partial charge in [0.15, 0.2) is 9.84 Å². The maximum Gasteiger partial charge on any atom is 0.181 e. The number of sulfone groups is 1. The van der Waals surface area contributed by atoms with Crippen molar-refractivity contribution in [3.05, 3.63) is 77.9 Å². The van der Waals surface area contributed by atoms with E-state index in [-0.39, 0.29) is 5.75 Å². The molecular weight excluding hydrogens is 268 g/mol. The Bertz CT molecular complexity index is 669. The first kappa shape index (κ1) is 14.5. The first-order valence-corrected chi connectivity index (χ1v) is 8.21. The molecular formula is C17H18O2S. The molecule has 2 nitrogen and oxygen atoms in total. The van der Waals surface area contributed by atoms with E-state index in [9.17, 15) is 8.42 Å². The summed E-state index contributed by atoms with van der Waals surface area (Å²) in [5.41, 5.74) is 2.24. The molecule has 0 radical (unpaired) electrons. The van der Waals surface area contributed by atoms with Crippen LogP contribution in [-0.2, 0) is 16.3 Å². The van der Waals surface area contributed by atoms with Crippen molar-refractivity contribution in [2.75, 3.05) is 5.75 Å². The van der Waals surface area contributed by atoms with Crippen molar-refractivity contribution in [2.24, 2.45) is 0 Å². The average Bonchev–Trinajstić information content (AvgIpc) is 2.45. The molecule has 0 amide bonds. The molecule has 0 aromatic heterocycles. The van der Waals surface area contributed by atoms with Crippen molar-refractivity contribution in [3.63, 3.8) is 0 Å². The van der Waals surface area contributed by atoms with E-state index < -0.39 is 9.84 Å². The zero-order chi connectivity index (χ0) is 14.4. The summed E-state index contributed by atoms with van der Waals surface area (Å²) in [4.78, 5) is 0.382. The van der Waals surface area contributed by atoms with E-state index in [4.69, 9.17) is 0 Å². The molecule has 2 aromatic rings. The van der Waals surface area contributed by atoms with Gasteiger partial charge >= 0.3 is 0 Å². The lowest BCUT2D eigenvalue weighted by Gasteiger charge is -2.02. The summed E-state index contributed by atoms with van der Waals surface area (Å²) in [6, 6.07) is 16.9. The molecule has 0 aliphatic heterocycles. The molecule has 0 bridgehead atoms. The molecule has 104 valence electrons. The smallest absolute Gasteiger partial charge is 0.181 e. The largest absolute Gasteiger partial charge is 0.223 e. The molecule has 2 aromatic carbocycles. The van der Waals surface area contributed by atoms with Crippen LogP contribution in [0.25, 0.3) is 0 Å². The Morgan fingerprint density at radius 1 is 0.900 bits per heavy atom. The first-order chi connectivity index (χ1) is 9.58. The van der Waals surface area contributed by atoms with Crippen LogP contribution in [0, 0.1) is 6.92 Å². The summed E-state index contributed by atoms with van der Waals surface area (Å²) in [6.07, 6.45) is 4.38. The van der Waals surface area contributed by atoms with Crippen molar-refractivity contribution < 1.29 is 8.42 Å². The van der Waals surface area contributed by atoms with Gasteiger partial charge in [0.05, 0.1) is 10.6 Å². The van der Waals surface area contributed by atoms with E-state index in [0.29, 0.717) is 4.90 Å². The third-order valence-electron chi connectivity index (χ3n) is 3.06. The van der Waals surface area contributed by atoms with Gasteiger partial charge in [0, 0.05) is 0 Å². The van der Waals surface area contributed by atoms with E-state index in [0.717, 1.165) is 12.0 Å². The number of rotatable bonds is 5. The van der Waals surface area contributed by atoms with E-state index in [1.165, 1.54) is 5.56 Å². The Hall–Kier alpha value is -1.87. The highest BCUT2D eigenvalue weighted by Gasteiger charge is 2.11. The second-order valence-electron chi connectivity index (χ2n) is 4.76. The topological polar surface area (TPSA) is 34.1 Å².